The largest absolute Gasteiger partial charge is 0.370 e. The van der Waals surface area contributed by atoms with Crippen molar-refractivity contribution in [1.29, 1.82) is 0 Å². The fourth-order valence-electron chi connectivity index (χ4n) is 1.47. The van der Waals surface area contributed by atoms with Gasteiger partial charge in [0.25, 0.3) is 0 Å². The molecule has 0 aliphatic rings. The van der Waals surface area contributed by atoms with Crippen molar-refractivity contribution in [1.82, 2.24) is 15.0 Å². The van der Waals surface area contributed by atoms with Crippen molar-refractivity contribution in [3.63, 3.8) is 0 Å². The van der Waals surface area contributed by atoms with Gasteiger partial charge in [-0.2, -0.15) is 0 Å². The highest BCUT2D eigenvalue weighted by Gasteiger charge is 2.05. The van der Waals surface area contributed by atoms with Crippen LogP contribution < -0.4 is 10.6 Å². The van der Waals surface area contributed by atoms with Gasteiger partial charge in [-0.25, -0.2) is 9.97 Å². The van der Waals surface area contributed by atoms with Gasteiger partial charge in [-0.1, -0.05) is 0 Å². The van der Waals surface area contributed by atoms with Crippen LogP contribution >= 0.6 is 11.3 Å². The van der Waals surface area contributed by atoms with E-state index < -0.39 is 0 Å². The van der Waals surface area contributed by atoms with Crippen LogP contribution in [0.4, 0.5) is 11.6 Å². The minimum absolute atomic E-state index is 0.744. The van der Waals surface area contributed by atoms with Gasteiger partial charge in [-0.3, -0.25) is 4.98 Å². The predicted molar refractivity (Wildman–Crippen MR) is 70.4 cm³/mol. The minimum Gasteiger partial charge on any atom is -0.370 e. The first kappa shape index (κ1) is 11.8. The molecular weight excluding hydrogens is 234 g/mol. The summed E-state index contributed by atoms with van der Waals surface area (Å²) in [6.45, 7) is 5.65. The van der Waals surface area contributed by atoms with Crippen LogP contribution in [0.1, 0.15) is 17.4 Å². The van der Waals surface area contributed by atoms with Gasteiger partial charge in [-0.15, -0.1) is 11.3 Å². The SMILES string of the molecule is CCNc1ncnc(NCc2cncs2)c1C. The molecule has 0 aliphatic heterocycles. The third kappa shape index (κ3) is 2.91. The lowest BCUT2D eigenvalue weighted by atomic mass is 10.3. The molecular formula is C11H15N5S. The van der Waals surface area contributed by atoms with Crippen molar-refractivity contribution in [3.8, 4) is 0 Å². The van der Waals surface area contributed by atoms with E-state index in [9.17, 15) is 0 Å². The summed E-state index contributed by atoms with van der Waals surface area (Å²) in [5, 5.41) is 6.50. The lowest BCUT2D eigenvalue weighted by molar-refractivity contribution is 1.05. The molecule has 0 unspecified atom stereocenters. The molecule has 0 amide bonds. The van der Waals surface area contributed by atoms with Gasteiger partial charge >= 0.3 is 0 Å². The van der Waals surface area contributed by atoms with Gasteiger partial charge in [0.2, 0.25) is 0 Å². The Kier molecular flexibility index (Phi) is 3.87. The third-order valence-electron chi connectivity index (χ3n) is 2.34. The maximum atomic E-state index is 4.24. The molecule has 2 N–H and O–H groups in total. The molecule has 2 rings (SSSR count). The van der Waals surface area contributed by atoms with Crippen molar-refractivity contribution in [2.45, 2.75) is 20.4 Å². The molecule has 0 saturated heterocycles. The maximum Gasteiger partial charge on any atom is 0.134 e. The second-order valence-electron chi connectivity index (χ2n) is 3.55. The van der Waals surface area contributed by atoms with Gasteiger partial charge in [0.15, 0.2) is 0 Å². The topological polar surface area (TPSA) is 62.7 Å². The molecule has 2 heterocycles. The highest BCUT2D eigenvalue weighted by Crippen LogP contribution is 2.19. The molecule has 0 spiro atoms. The first-order valence-corrected chi connectivity index (χ1v) is 6.36. The fraction of sp³-hybridized carbons (Fsp3) is 0.364. The third-order valence-corrected chi connectivity index (χ3v) is 3.12. The summed E-state index contributed by atoms with van der Waals surface area (Å²) in [5.74, 6) is 1.75. The molecule has 0 aliphatic carbocycles. The number of aromatic nitrogens is 3. The van der Waals surface area contributed by atoms with Crippen molar-refractivity contribution < 1.29 is 0 Å². The van der Waals surface area contributed by atoms with Crippen LogP contribution in [-0.4, -0.2) is 21.5 Å². The van der Waals surface area contributed by atoms with E-state index in [4.69, 9.17) is 0 Å². The summed E-state index contributed by atoms with van der Waals surface area (Å²) < 4.78 is 0. The van der Waals surface area contributed by atoms with E-state index >= 15 is 0 Å². The second-order valence-corrected chi connectivity index (χ2v) is 4.52. The van der Waals surface area contributed by atoms with Crippen molar-refractivity contribution in [2.75, 3.05) is 17.2 Å². The number of hydrogen-bond acceptors (Lipinski definition) is 6. The highest BCUT2D eigenvalue weighted by atomic mass is 32.1. The minimum atomic E-state index is 0.744. The van der Waals surface area contributed by atoms with Crippen molar-refractivity contribution >= 4 is 23.0 Å². The van der Waals surface area contributed by atoms with Gasteiger partial charge < -0.3 is 10.6 Å². The standard InChI is InChI=1S/C11H15N5S/c1-3-13-10-8(2)11(16-6-15-10)14-5-9-4-12-7-17-9/h4,6-7H,3,5H2,1-2H3,(H2,13,14,15,16). The molecule has 17 heavy (non-hydrogen) atoms. The molecule has 0 aromatic carbocycles. The normalized spacial score (nSPS) is 10.2. The van der Waals surface area contributed by atoms with Crippen LogP contribution in [0.15, 0.2) is 18.0 Å². The number of anilines is 2. The van der Waals surface area contributed by atoms with E-state index in [-0.39, 0.29) is 0 Å². The lowest BCUT2D eigenvalue weighted by Crippen LogP contribution is -2.07. The van der Waals surface area contributed by atoms with Gasteiger partial charge in [0.05, 0.1) is 12.1 Å². The van der Waals surface area contributed by atoms with Gasteiger partial charge in [0.1, 0.15) is 18.0 Å². The quantitative estimate of drug-likeness (QED) is 0.851. The number of nitrogens with one attached hydrogen (secondary N) is 2. The lowest BCUT2D eigenvalue weighted by Gasteiger charge is -2.11. The van der Waals surface area contributed by atoms with Crippen LogP contribution in [0.3, 0.4) is 0 Å². The summed E-state index contributed by atoms with van der Waals surface area (Å²) >= 11 is 1.63. The number of nitrogens with zero attached hydrogens (tertiary/aromatic N) is 3. The average molecular weight is 249 g/mol. The Labute approximate surface area is 104 Å². The van der Waals surface area contributed by atoms with E-state index in [0.29, 0.717) is 0 Å². The molecule has 0 fully saturated rings. The molecule has 0 radical (unpaired) electrons. The van der Waals surface area contributed by atoms with E-state index in [1.807, 2.05) is 25.6 Å². The van der Waals surface area contributed by atoms with Gasteiger partial charge in [0, 0.05) is 23.2 Å². The Morgan fingerprint density at radius 2 is 2.00 bits per heavy atom. The second kappa shape index (κ2) is 5.58. The summed E-state index contributed by atoms with van der Waals surface area (Å²) in [5.41, 5.74) is 2.87. The first-order chi connectivity index (χ1) is 8.31. The highest BCUT2D eigenvalue weighted by molar-refractivity contribution is 7.09. The smallest absolute Gasteiger partial charge is 0.134 e. The molecule has 2 aromatic rings. The molecule has 90 valence electrons. The van der Waals surface area contributed by atoms with Crippen LogP contribution in [0.25, 0.3) is 0 Å². The Balaban J connectivity index is 2.07. The average Bonchev–Trinajstić information content (AvgIpc) is 2.83. The Morgan fingerprint density at radius 3 is 2.65 bits per heavy atom. The van der Waals surface area contributed by atoms with Crippen molar-refractivity contribution in [3.05, 3.63) is 28.5 Å². The Bertz CT molecular complexity index is 469. The zero-order chi connectivity index (χ0) is 12.1. The fourth-order valence-corrected chi connectivity index (χ4v) is 2.01. The van der Waals surface area contributed by atoms with E-state index in [1.54, 1.807) is 17.7 Å². The monoisotopic (exact) mass is 249 g/mol. The Morgan fingerprint density at radius 1 is 1.24 bits per heavy atom. The van der Waals surface area contributed by atoms with Crippen LogP contribution in [0.5, 0.6) is 0 Å². The van der Waals surface area contributed by atoms with E-state index in [1.165, 1.54) is 4.88 Å². The number of thiazole rings is 1. The van der Waals surface area contributed by atoms with E-state index in [0.717, 1.165) is 30.3 Å². The zero-order valence-electron chi connectivity index (χ0n) is 9.90. The maximum absolute atomic E-state index is 4.24. The summed E-state index contributed by atoms with van der Waals surface area (Å²) in [7, 11) is 0. The molecule has 5 nitrogen and oxygen atoms in total. The summed E-state index contributed by atoms with van der Waals surface area (Å²) in [6, 6.07) is 0. The Hall–Kier alpha value is -1.69. The van der Waals surface area contributed by atoms with Crippen LogP contribution in [0, 0.1) is 6.92 Å². The summed E-state index contributed by atoms with van der Waals surface area (Å²) in [6.07, 6.45) is 3.43. The summed E-state index contributed by atoms with van der Waals surface area (Å²) in [4.78, 5) is 13.7. The van der Waals surface area contributed by atoms with Crippen LogP contribution in [0.2, 0.25) is 0 Å². The predicted octanol–water partition coefficient (Wildman–Crippen LogP) is 2.29. The van der Waals surface area contributed by atoms with Crippen LogP contribution in [-0.2, 0) is 6.54 Å². The molecule has 0 saturated carbocycles. The van der Waals surface area contributed by atoms with Gasteiger partial charge in [-0.05, 0) is 13.8 Å². The molecule has 2 aromatic heterocycles. The van der Waals surface area contributed by atoms with Crippen molar-refractivity contribution in [2.24, 2.45) is 0 Å². The molecule has 0 bridgehead atoms. The number of hydrogen-bond donors (Lipinski definition) is 2. The molecule has 6 heteroatoms. The number of rotatable bonds is 5. The van der Waals surface area contributed by atoms with E-state index in [2.05, 4.69) is 25.6 Å². The molecule has 0 atom stereocenters. The zero-order valence-corrected chi connectivity index (χ0v) is 10.7. The first-order valence-electron chi connectivity index (χ1n) is 5.48.